The second-order valence-corrected chi connectivity index (χ2v) is 5.94. The molecule has 0 amide bonds. The van der Waals surface area contributed by atoms with E-state index in [0.29, 0.717) is 0 Å². The van der Waals surface area contributed by atoms with Crippen LogP contribution in [0.3, 0.4) is 0 Å². The predicted octanol–water partition coefficient (Wildman–Crippen LogP) is 2.85. The molecule has 2 rings (SSSR count). The standard InChI is InChI=1S/C16H25FN2O/c1-4-18-12(2)15-13(17)6-5-7-14(15)19-10-8-16(3,20)9-11-19/h5-7,12,18,20H,4,8-11H2,1-3H3. The Balaban J connectivity index is 2.25. The van der Waals surface area contributed by atoms with Crippen molar-refractivity contribution in [2.24, 2.45) is 0 Å². The molecule has 1 aliphatic rings. The quantitative estimate of drug-likeness (QED) is 0.890. The number of halogens is 1. The molecule has 1 aromatic rings. The van der Waals surface area contributed by atoms with Gasteiger partial charge in [-0.3, -0.25) is 0 Å². The largest absolute Gasteiger partial charge is 0.390 e. The average molecular weight is 280 g/mol. The van der Waals surface area contributed by atoms with Crippen LogP contribution in [0.25, 0.3) is 0 Å². The molecule has 0 spiro atoms. The highest BCUT2D eigenvalue weighted by atomic mass is 19.1. The summed E-state index contributed by atoms with van der Waals surface area (Å²) in [5, 5.41) is 13.3. The minimum atomic E-state index is -0.586. The van der Waals surface area contributed by atoms with Crippen LogP contribution in [-0.2, 0) is 0 Å². The van der Waals surface area contributed by atoms with Crippen molar-refractivity contribution in [1.82, 2.24) is 5.32 Å². The van der Waals surface area contributed by atoms with Crippen molar-refractivity contribution in [3.63, 3.8) is 0 Å². The third-order valence-electron chi connectivity index (χ3n) is 4.15. The van der Waals surface area contributed by atoms with Crippen molar-refractivity contribution in [3.8, 4) is 0 Å². The van der Waals surface area contributed by atoms with Gasteiger partial charge in [0.2, 0.25) is 0 Å². The lowest BCUT2D eigenvalue weighted by Gasteiger charge is -2.38. The lowest BCUT2D eigenvalue weighted by atomic mass is 9.92. The van der Waals surface area contributed by atoms with Crippen molar-refractivity contribution < 1.29 is 9.50 Å². The molecule has 0 saturated carbocycles. The van der Waals surface area contributed by atoms with E-state index >= 15 is 0 Å². The molecule has 20 heavy (non-hydrogen) atoms. The third kappa shape index (κ3) is 3.30. The van der Waals surface area contributed by atoms with Gasteiger partial charge in [0.25, 0.3) is 0 Å². The maximum Gasteiger partial charge on any atom is 0.130 e. The van der Waals surface area contributed by atoms with Gasteiger partial charge in [-0.15, -0.1) is 0 Å². The fraction of sp³-hybridized carbons (Fsp3) is 0.625. The van der Waals surface area contributed by atoms with Crippen molar-refractivity contribution in [3.05, 3.63) is 29.6 Å². The summed E-state index contributed by atoms with van der Waals surface area (Å²) in [5.74, 6) is -0.159. The Kier molecular flexibility index (Phi) is 4.66. The molecule has 1 fully saturated rings. The number of rotatable bonds is 4. The number of piperidine rings is 1. The summed E-state index contributed by atoms with van der Waals surface area (Å²) in [6, 6.07) is 5.25. The number of benzene rings is 1. The fourth-order valence-electron chi connectivity index (χ4n) is 2.87. The smallest absolute Gasteiger partial charge is 0.130 e. The van der Waals surface area contributed by atoms with Crippen LogP contribution in [0, 0.1) is 5.82 Å². The minimum Gasteiger partial charge on any atom is -0.390 e. The zero-order valence-corrected chi connectivity index (χ0v) is 12.6. The molecular formula is C16H25FN2O. The highest BCUT2D eigenvalue weighted by molar-refractivity contribution is 5.56. The van der Waals surface area contributed by atoms with E-state index in [1.807, 2.05) is 26.8 Å². The third-order valence-corrected chi connectivity index (χ3v) is 4.15. The van der Waals surface area contributed by atoms with Gasteiger partial charge in [-0.1, -0.05) is 13.0 Å². The summed E-state index contributed by atoms with van der Waals surface area (Å²) in [7, 11) is 0. The fourth-order valence-corrected chi connectivity index (χ4v) is 2.87. The lowest BCUT2D eigenvalue weighted by Crippen LogP contribution is -2.43. The van der Waals surface area contributed by atoms with Crippen LogP contribution in [0.5, 0.6) is 0 Å². The van der Waals surface area contributed by atoms with Gasteiger partial charge in [0.05, 0.1) is 5.60 Å². The van der Waals surface area contributed by atoms with Crippen molar-refractivity contribution in [1.29, 1.82) is 0 Å². The first-order chi connectivity index (χ1) is 9.44. The van der Waals surface area contributed by atoms with E-state index < -0.39 is 5.60 Å². The lowest BCUT2D eigenvalue weighted by molar-refractivity contribution is 0.0351. The van der Waals surface area contributed by atoms with Crippen LogP contribution in [0.15, 0.2) is 18.2 Å². The topological polar surface area (TPSA) is 35.5 Å². The van der Waals surface area contributed by atoms with Gasteiger partial charge in [0.15, 0.2) is 0 Å². The molecule has 1 heterocycles. The second kappa shape index (κ2) is 6.10. The number of hydrogen-bond acceptors (Lipinski definition) is 3. The van der Waals surface area contributed by atoms with E-state index in [9.17, 15) is 9.50 Å². The van der Waals surface area contributed by atoms with Crippen LogP contribution in [0.1, 0.15) is 45.2 Å². The number of nitrogens with zero attached hydrogens (tertiary/aromatic N) is 1. The second-order valence-electron chi connectivity index (χ2n) is 5.94. The van der Waals surface area contributed by atoms with E-state index in [-0.39, 0.29) is 11.9 Å². The zero-order chi connectivity index (χ0) is 14.8. The minimum absolute atomic E-state index is 0.0152. The molecule has 1 unspecified atom stereocenters. The Bertz CT molecular complexity index is 452. The van der Waals surface area contributed by atoms with E-state index in [4.69, 9.17) is 0 Å². The van der Waals surface area contributed by atoms with E-state index in [2.05, 4.69) is 10.2 Å². The maximum absolute atomic E-state index is 14.2. The van der Waals surface area contributed by atoms with Crippen LogP contribution < -0.4 is 10.2 Å². The molecule has 0 aliphatic carbocycles. The molecule has 112 valence electrons. The Morgan fingerprint density at radius 3 is 2.65 bits per heavy atom. The summed E-state index contributed by atoms with van der Waals surface area (Å²) in [5.41, 5.74) is 1.10. The Morgan fingerprint density at radius 2 is 2.05 bits per heavy atom. The van der Waals surface area contributed by atoms with Crippen molar-refractivity contribution in [2.45, 2.75) is 45.3 Å². The first kappa shape index (κ1) is 15.3. The highest BCUT2D eigenvalue weighted by Crippen LogP contribution is 2.32. The summed E-state index contributed by atoms with van der Waals surface area (Å²) >= 11 is 0. The van der Waals surface area contributed by atoms with Crippen molar-refractivity contribution >= 4 is 5.69 Å². The van der Waals surface area contributed by atoms with E-state index in [1.165, 1.54) is 6.07 Å². The summed E-state index contributed by atoms with van der Waals surface area (Å²) in [6.07, 6.45) is 1.44. The molecule has 4 heteroatoms. The molecule has 2 N–H and O–H groups in total. The van der Waals surface area contributed by atoms with Gasteiger partial charge in [0.1, 0.15) is 5.82 Å². The SMILES string of the molecule is CCNC(C)c1c(F)cccc1N1CCC(C)(O)CC1. The molecule has 0 bridgehead atoms. The first-order valence-electron chi connectivity index (χ1n) is 7.44. The van der Waals surface area contributed by atoms with Crippen LogP contribution in [0.4, 0.5) is 10.1 Å². The van der Waals surface area contributed by atoms with Gasteiger partial charge >= 0.3 is 0 Å². The Hall–Kier alpha value is -1.13. The predicted molar refractivity (Wildman–Crippen MR) is 80.6 cm³/mol. The molecule has 3 nitrogen and oxygen atoms in total. The highest BCUT2D eigenvalue weighted by Gasteiger charge is 2.29. The number of anilines is 1. The Labute approximate surface area is 120 Å². The monoisotopic (exact) mass is 280 g/mol. The average Bonchev–Trinajstić information content (AvgIpc) is 2.38. The van der Waals surface area contributed by atoms with Gasteiger partial charge in [0, 0.05) is 30.4 Å². The first-order valence-corrected chi connectivity index (χ1v) is 7.44. The molecule has 0 radical (unpaired) electrons. The molecule has 1 aromatic carbocycles. The normalized spacial score (nSPS) is 19.9. The number of aliphatic hydroxyl groups is 1. The molecule has 1 aliphatic heterocycles. The van der Waals surface area contributed by atoms with E-state index in [1.54, 1.807) is 6.07 Å². The molecule has 1 atom stereocenters. The van der Waals surface area contributed by atoms with Crippen LogP contribution >= 0.6 is 0 Å². The van der Waals surface area contributed by atoms with Gasteiger partial charge < -0.3 is 15.3 Å². The summed E-state index contributed by atoms with van der Waals surface area (Å²) in [6.45, 7) is 8.23. The Morgan fingerprint density at radius 1 is 1.40 bits per heavy atom. The maximum atomic E-state index is 14.2. The molecule has 0 aromatic heterocycles. The van der Waals surface area contributed by atoms with Crippen LogP contribution in [-0.4, -0.2) is 30.3 Å². The zero-order valence-electron chi connectivity index (χ0n) is 12.6. The van der Waals surface area contributed by atoms with Gasteiger partial charge in [-0.2, -0.15) is 0 Å². The van der Waals surface area contributed by atoms with E-state index in [0.717, 1.165) is 43.7 Å². The summed E-state index contributed by atoms with van der Waals surface area (Å²) in [4.78, 5) is 2.18. The molecule has 1 saturated heterocycles. The number of hydrogen-bond donors (Lipinski definition) is 2. The van der Waals surface area contributed by atoms with Crippen LogP contribution in [0.2, 0.25) is 0 Å². The summed E-state index contributed by atoms with van der Waals surface area (Å²) < 4.78 is 14.2. The van der Waals surface area contributed by atoms with Gasteiger partial charge in [-0.25, -0.2) is 4.39 Å². The molecular weight excluding hydrogens is 255 g/mol. The van der Waals surface area contributed by atoms with Crippen molar-refractivity contribution in [2.75, 3.05) is 24.5 Å². The number of nitrogens with one attached hydrogen (secondary N) is 1. The van der Waals surface area contributed by atoms with Gasteiger partial charge in [-0.05, 0) is 45.4 Å².